The first kappa shape index (κ1) is 26.6. The van der Waals surface area contributed by atoms with Crippen LogP contribution in [-0.2, 0) is 4.79 Å². The molecule has 1 aromatic heterocycles. The first-order valence-corrected chi connectivity index (χ1v) is 13.2. The molecule has 2 aliphatic rings. The van der Waals surface area contributed by atoms with E-state index in [0.29, 0.717) is 29.8 Å². The minimum absolute atomic E-state index is 0.0623. The van der Waals surface area contributed by atoms with Gasteiger partial charge in [0, 0.05) is 37.2 Å². The fourth-order valence-corrected chi connectivity index (χ4v) is 5.27. The van der Waals surface area contributed by atoms with Crippen LogP contribution in [0.5, 0.6) is 5.88 Å². The van der Waals surface area contributed by atoms with Crippen LogP contribution in [0.1, 0.15) is 61.9 Å². The quantitative estimate of drug-likeness (QED) is 0.640. The zero-order valence-electron chi connectivity index (χ0n) is 21.9. The lowest BCUT2D eigenvalue weighted by Crippen LogP contribution is -2.51. The van der Waals surface area contributed by atoms with Gasteiger partial charge in [0.25, 0.3) is 5.91 Å². The highest BCUT2D eigenvalue weighted by Crippen LogP contribution is 2.31. The highest BCUT2D eigenvalue weighted by molar-refractivity contribution is 5.98. The van der Waals surface area contributed by atoms with E-state index in [9.17, 15) is 20.0 Å². The number of aromatic nitrogens is 1. The maximum absolute atomic E-state index is 13.7. The van der Waals surface area contributed by atoms with Crippen LogP contribution in [0.3, 0.4) is 0 Å². The van der Waals surface area contributed by atoms with Gasteiger partial charge in [0.1, 0.15) is 11.7 Å². The normalized spacial score (nSPS) is 21.2. The van der Waals surface area contributed by atoms with Gasteiger partial charge in [0.05, 0.1) is 30.8 Å². The van der Waals surface area contributed by atoms with Crippen LogP contribution in [0.25, 0.3) is 11.1 Å². The SMILES string of the molecule is C[C@@H]1CN([C@@H](C)CO)C(=O)c2cc(-c3cccc(C#N)c3)cnc2O[C@H]1CN(C)C(=O)C1CCCCC1. The van der Waals surface area contributed by atoms with E-state index >= 15 is 0 Å². The van der Waals surface area contributed by atoms with Crippen molar-refractivity contribution in [3.8, 4) is 23.1 Å². The lowest BCUT2D eigenvalue weighted by Gasteiger charge is -2.38. The van der Waals surface area contributed by atoms with E-state index < -0.39 is 6.04 Å². The van der Waals surface area contributed by atoms with E-state index in [1.165, 1.54) is 6.42 Å². The summed E-state index contributed by atoms with van der Waals surface area (Å²) in [5, 5.41) is 19.2. The number of fused-ring (bicyclic) bond motifs is 1. The van der Waals surface area contributed by atoms with Gasteiger partial charge in [0.2, 0.25) is 11.8 Å². The van der Waals surface area contributed by atoms with E-state index in [2.05, 4.69) is 11.1 Å². The van der Waals surface area contributed by atoms with Crippen LogP contribution >= 0.6 is 0 Å². The van der Waals surface area contributed by atoms with Gasteiger partial charge in [-0.05, 0) is 43.5 Å². The molecule has 8 nitrogen and oxygen atoms in total. The van der Waals surface area contributed by atoms with Gasteiger partial charge in [-0.1, -0.05) is 38.3 Å². The van der Waals surface area contributed by atoms with E-state index in [-0.39, 0.29) is 42.2 Å². The third-order valence-electron chi connectivity index (χ3n) is 7.63. The Bertz CT molecular complexity index is 1170. The lowest BCUT2D eigenvalue weighted by molar-refractivity contribution is -0.136. The largest absolute Gasteiger partial charge is 0.472 e. The molecule has 0 bridgehead atoms. The summed E-state index contributed by atoms with van der Waals surface area (Å²) in [5.74, 6) is 0.0681. The van der Waals surface area contributed by atoms with Crippen LogP contribution in [0.2, 0.25) is 0 Å². The van der Waals surface area contributed by atoms with E-state index in [4.69, 9.17) is 4.74 Å². The Balaban J connectivity index is 1.66. The Morgan fingerprint density at radius 1 is 1.27 bits per heavy atom. The molecule has 37 heavy (non-hydrogen) atoms. The molecule has 1 N–H and O–H groups in total. The predicted octanol–water partition coefficient (Wildman–Crippen LogP) is 3.88. The summed E-state index contributed by atoms with van der Waals surface area (Å²) in [7, 11) is 1.82. The molecule has 1 fully saturated rings. The van der Waals surface area contributed by atoms with Gasteiger partial charge in [-0.25, -0.2) is 4.98 Å². The maximum Gasteiger partial charge on any atom is 0.259 e. The Kier molecular flexibility index (Phi) is 8.45. The minimum Gasteiger partial charge on any atom is -0.472 e. The van der Waals surface area contributed by atoms with Gasteiger partial charge < -0.3 is 19.6 Å². The molecule has 0 saturated heterocycles. The van der Waals surface area contributed by atoms with Crippen molar-refractivity contribution in [2.75, 3.05) is 26.7 Å². The molecule has 4 rings (SSSR count). The van der Waals surface area contributed by atoms with Gasteiger partial charge in [-0.3, -0.25) is 9.59 Å². The Morgan fingerprint density at radius 2 is 2.03 bits per heavy atom. The number of benzene rings is 1. The highest BCUT2D eigenvalue weighted by atomic mass is 16.5. The summed E-state index contributed by atoms with van der Waals surface area (Å²) in [6.07, 6.45) is 6.50. The Labute approximate surface area is 218 Å². The number of nitrogens with zero attached hydrogens (tertiary/aromatic N) is 4. The summed E-state index contributed by atoms with van der Waals surface area (Å²) in [6.45, 7) is 4.41. The average molecular weight is 505 g/mol. The second kappa shape index (κ2) is 11.7. The smallest absolute Gasteiger partial charge is 0.259 e. The number of hydrogen-bond donors (Lipinski definition) is 1. The van der Waals surface area contributed by atoms with Crippen molar-refractivity contribution >= 4 is 11.8 Å². The summed E-state index contributed by atoms with van der Waals surface area (Å²) >= 11 is 0. The van der Waals surface area contributed by atoms with Crippen molar-refractivity contribution < 1.29 is 19.4 Å². The van der Waals surface area contributed by atoms with Gasteiger partial charge in [0.15, 0.2) is 0 Å². The van der Waals surface area contributed by atoms with Gasteiger partial charge >= 0.3 is 0 Å². The molecule has 2 heterocycles. The Morgan fingerprint density at radius 3 is 2.73 bits per heavy atom. The maximum atomic E-state index is 13.7. The minimum atomic E-state index is -0.395. The molecule has 8 heteroatoms. The van der Waals surface area contributed by atoms with Crippen molar-refractivity contribution in [2.45, 2.75) is 58.1 Å². The first-order valence-electron chi connectivity index (χ1n) is 13.2. The number of carbonyl (C=O) groups excluding carboxylic acids is 2. The zero-order valence-corrected chi connectivity index (χ0v) is 21.9. The third-order valence-corrected chi connectivity index (χ3v) is 7.63. The van der Waals surface area contributed by atoms with E-state index in [1.807, 2.05) is 27.0 Å². The second-order valence-electron chi connectivity index (χ2n) is 10.4. The molecule has 0 unspecified atom stereocenters. The average Bonchev–Trinajstić information content (AvgIpc) is 2.94. The van der Waals surface area contributed by atoms with Gasteiger partial charge in [-0.2, -0.15) is 5.26 Å². The number of aliphatic hydroxyl groups excluding tert-OH is 1. The molecule has 1 saturated carbocycles. The van der Waals surface area contributed by atoms with Crippen molar-refractivity contribution in [1.29, 1.82) is 5.26 Å². The van der Waals surface area contributed by atoms with Crippen molar-refractivity contribution in [1.82, 2.24) is 14.8 Å². The van der Waals surface area contributed by atoms with Crippen molar-refractivity contribution in [2.24, 2.45) is 11.8 Å². The van der Waals surface area contributed by atoms with Crippen molar-refractivity contribution in [3.05, 3.63) is 47.7 Å². The Hall–Kier alpha value is -3.44. The standard InChI is InChI=1S/C29H36N4O4/c1-19-16-33(20(2)18-34)29(36)25-13-24(23-11-7-8-21(12-23)14-30)15-31-27(25)37-26(19)17-32(3)28(35)22-9-5-4-6-10-22/h7-8,11-13,15,19-20,22,26,34H,4-6,9-10,16-18H2,1-3H3/t19-,20+,26+/m1/s1. The number of carbonyl (C=O) groups is 2. The molecule has 0 radical (unpaired) electrons. The molecule has 1 aliphatic heterocycles. The first-order chi connectivity index (χ1) is 17.8. The van der Waals surface area contributed by atoms with Crippen molar-refractivity contribution in [3.63, 3.8) is 0 Å². The predicted molar refractivity (Wildman–Crippen MR) is 140 cm³/mol. The highest BCUT2D eigenvalue weighted by Gasteiger charge is 2.35. The van der Waals surface area contributed by atoms with E-state index in [0.717, 1.165) is 31.2 Å². The molecule has 2 aromatic rings. The molecule has 1 aromatic carbocycles. The van der Waals surface area contributed by atoms with Gasteiger partial charge in [-0.15, -0.1) is 0 Å². The van der Waals surface area contributed by atoms with Crippen LogP contribution in [0, 0.1) is 23.2 Å². The molecule has 2 amide bonds. The number of amides is 2. The number of aliphatic hydroxyl groups is 1. The summed E-state index contributed by atoms with van der Waals surface area (Å²) in [4.78, 5) is 34.8. The molecule has 1 aliphatic carbocycles. The number of rotatable bonds is 6. The monoisotopic (exact) mass is 504 g/mol. The van der Waals surface area contributed by atoms with Crippen LogP contribution < -0.4 is 4.74 Å². The number of likely N-dealkylation sites (N-methyl/N-ethyl adjacent to an activating group) is 1. The number of nitriles is 1. The molecular weight excluding hydrogens is 468 g/mol. The summed E-state index contributed by atoms with van der Waals surface area (Å²) in [5.41, 5.74) is 2.29. The summed E-state index contributed by atoms with van der Waals surface area (Å²) < 4.78 is 6.36. The second-order valence-corrected chi connectivity index (χ2v) is 10.4. The van der Waals surface area contributed by atoms with Crippen LogP contribution in [0.15, 0.2) is 36.5 Å². The molecular formula is C29H36N4O4. The summed E-state index contributed by atoms with van der Waals surface area (Å²) in [6, 6.07) is 10.6. The number of hydrogen-bond acceptors (Lipinski definition) is 6. The lowest BCUT2D eigenvalue weighted by atomic mass is 9.88. The molecule has 3 atom stereocenters. The zero-order chi connectivity index (χ0) is 26.5. The topological polar surface area (TPSA) is 107 Å². The molecule has 0 spiro atoms. The van der Waals surface area contributed by atoms with E-state index in [1.54, 1.807) is 40.3 Å². The fraction of sp³-hybridized carbons (Fsp3) is 0.517. The fourth-order valence-electron chi connectivity index (χ4n) is 5.27. The third kappa shape index (κ3) is 5.94. The number of pyridine rings is 1. The van der Waals surface area contributed by atoms with Crippen LogP contribution in [0.4, 0.5) is 0 Å². The number of ether oxygens (including phenoxy) is 1. The van der Waals surface area contributed by atoms with Crippen LogP contribution in [-0.4, -0.2) is 70.6 Å². The molecule has 196 valence electrons.